The quantitative estimate of drug-likeness (QED) is 0.687. The Morgan fingerprint density at radius 2 is 2.19 bits per heavy atom. The number of aryl methyl sites for hydroxylation is 3. The molecular weight excluding hydrogens is 268 g/mol. The standard InChI is InChI=1S/C14H22N6O/c1-9-7-13(15)20(19-9)8-14(21)16-6-4-5-12-10(2)17-18-11(12)3/h7H,4-6,8,15H2,1-3H3,(H,16,21)(H,17,18). The van der Waals surface area contributed by atoms with Gasteiger partial charge in [-0.25, -0.2) is 4.68 Å². The number of aromatic amines is 1. The fraction of sp³-hybridized carbons (Fsp3) is 0.500. The number of rotatable bonds is 6. The summed E-state index contributed by atoms with van der Waals surface area (Å²) in [6, 6.07) is 1.75. The monoisotopic (exact) mass is 290 g/mol. The van der Waals surface area contributed by atoms with Gasteiger partial charge in [0, 0.05) is 18.3 Å². The van der Waals surface area contributed by atoms with E-state index in [2.05, 4.69) is 20.6 Å². The zero-order valence-corrected chi connectivity index (χ0v) is 12.7. The lowest BCUT2D eigenvalue weighted by molar-refractivity contribution is -0.121. The summed E-state index contributed by atoms with van der Waals surface area (Å²) in [7, 11) is 0. The lowest BCUT2D eigenvalue weighted by Crippen LogP contribution is -2.29. The molecule has 0 aliphatic rings. The van der Waals surface area contributed by atoms with Gasteiger partial charge in [-0.3, -0.25) is 9.89 Å². The Morgan fingerprint density at radius 3 is 2.76 bits per heavy atom. The van der Waals surface area contributed by atoms with E-state index in [4.69, 9.17) is 5.73 Å². The van der Waals surface area contributed by atoms with Crippen LogP contribution in [0.1, 0.15) is 29.1 Å². The largest absolute Gasteiger partial charge is 0.384 e. The van der Waals surface area contributed by atoms with Gasteiger partial charge in [-0.05, 0) is 39.2 Å². The molecule has 0 aliphatic heterocycles. The Balaban J connectivity index is 1.74. The van der Waals surface area contributed by atoms with Crippen molar-refractivity contribution in [1.29, 1.82) is 0 Å². The fourth-order valence-corrected chi connectivity index (χ4v) is 2.32. The lowest BCUT2D eigenvalue weighted by atomic mass is 10.1. The van der Waals surface area contributed by atoms with Crippen LogP contribution in [-0.2, 0) is 17.8 Å². The number of amides is 1. The summed E-state index contributed by atoms with van der Waals surface area (Å²) >= 11 is 0. The molecule has 0 saturated heterocycles. The van der Waals surface area contributed by atoms with Gasteiger partial charge in [0.25, 0.3) is 0 Å². The number of hydrogen-bond acceptors (Lipinski definition) is 4. The Bertz CT molecular complexity index is 608. The van der Waals surface area contributed by atoms with Crippen molar-refractivity contribution in [1.82, 2.24) is 25.3 Å². The van der Waals surface area contributed by atoms with E-state index in [0.29, 0.717) is 12.4 Å². The van der Waals surface area contributed by atoms with Gasteiger partial charge >= 0.3 is 0 Å². The van der Waals surface area contributed by atoms with Crippen molar-refractivity contribution in [3.8, 4) is 0 Å². The van der Waals surface area contributed by atoms with Crippen molar-refractivity contribution < 1.29 is 4.79 Å². The van der Waals surface area contributed by atoms with Crippen molar-refractivity contribution in [3.63, 3.8) is 0 Å². The second-order valence-electron chi connectivity index (χ2n) is 5.23. The number of H-pyrrole nitrogens is 1. The first-order chi connectivity index (χ1) is 9.97. The minimum atomic E-state index is -0.0783. The van der Waals surface area contributed by atoms with E-state index in [1.54, 1.807) is 6.07 Å². The Kier molecular flexibility index (Phi) is 4.62. The average Bonchev–Trinajstić information content (AvgIpc) is 2.89. The maximum atomic E-state index is 11.8. The third kappa shape index (κ3) is 3.84. The molecule has 2 aromatic heterocycles. The summed E-state index contributed by atoms with van der Waals surface area (Å²) in [6.07, 6.45) is 1.78. The molecule has 7 heteroatoms. The molecule has 0 bridgehead atoms. The van der Waals surface area contributed by atoms with Crippen molar-refractivity contribution in [2.45, 2.75) is 40.2 Å². The van der Waals surface area contributed by atoms with Crippen LogP contribution in [0.3, 0.4) is 0 Å². The lowest BCUT2D eigenvalue weighted by Gasteiger charge is -2.07. The van der Waals surface area contributed by atoms with Gasteiger partial charge in [0.15, 0.2) is 0 Å². The molecule has 0 spiro atoms. The van der Waals surface area contributed by atoms with Crippen LogP contribution in [0.4, 0.5) is 5.82 Å². The highest BCUT2D eigenvalue weighted by Crippen LogP contribution is 2.11. The van der Waals surface area contributed by atoms with Crippen LogP contribution in [0.2, 0.25) is 0 Å². The first-order valence-electron chi connectivity index (χ1n) is 7.04. The van der Waals surface area contributed by atoms with Gasteiger partial charge in [-0.15, -0.1) is 0 Å². The smallest absolute Gasteiger partial charge is 0.241 e. The Hall–Kier alpha value is -2.31. The molecule has 7 nitrogen and oxygen atoms in total. The van der Waals surface area contributed by atoms with E-state index >= 15 is 0 Å². The molecule has 2 heterocycles. The third-order valence-electron chi connectivity index (χ3n) is 3.43. The van der Waals surface area contributed by atoms with Crippen LogP contribution in [0.25, 0.3) is 0 Å². The van der Waals surface area contributed by atoms with Gasteiger partial charge in [-0.2, -0.15) is 10.2 Å². The van der Waals surface area contributed by atoms with Gasteiger partial charge in [-0.1, -0.05) is 0 Å². The minimum Gasteiger partial charge on any atom is -0.384 e. The van der Waals surface area contributed by atoms with E-state index < -0.39 is 0 Å². The van der Waals surface area contributed by atoms with Crippen LogP contribution in [0, 0.1) is 20.8 Å². The molecule has 0 aromatic carbocycles. The molecule has 0 unspecified atom stereocenters. The van der Waals surface area contributed by atoms with Crippen molar-refractivity contribution in [2.75, 3.05) is 12.3 Å². The number of carbonyl (C=O) groups excluding carboxylic acids is 1. The third-order valence-corrected chi connectivity index (χ3v) is 3.43. The molecule has 0 fully saturated rings. The second-order valence-corrected chi connectivity index (χ2v) is 5.23. The summed E-state index contributed by atoms with van der Waals surface area (Å²) in [5.74, 6) is 0.428. The Labute approximate surface area is 123 Å². The SMILES string of the molecule is Cc1cc(N)n(CC(=O)NCCCc2c(C)n[nH]c2C)n1. The van der Waals surface area contributed by atoms with Crippen molar-refractivity contribution >= 4 is 11.7 Å². The number of carbonyl (C=O) groups is 1. The van der Waals surface area contributed by atoms with Gasteiger partial charge < -0.3 is 11.1 Å². The molecule has 114 valence electrons. The maximum Gasteiger partial charge on any atom is 0.241 e. The fourth-order valence-electron chi connectivity index (χ4n) is 2.32. The first-order valence-corrected chi connectivity index (χ1v) is 7.04. The van der Waals surface area contributed by atoms with Crippen LogP contribution in [-0.4, -0.2) is 32.4 Å². The molecule has 0 saturated carbocycles. The predicted octanol–water partition coefficient (Wildman–Crippen LogP) is 0.863. The topological polar surface area (TPSA) is 102 Å². The molecule has 2 rings (SSSR count). The molecule has 21 heavy (non-hydrogen) atoms. The van der Waals surface area contributed by atoms with Crippen LogP contribution < -0.4 is 11.1 Å². The average molecular weight is 290 g/mol. The molecule has 0 atom stereocenters. The van der Waals surface area contributed by atoms with Crippen molar-refractivity contribution in [3.05, 3.63) is 28.7 Å². The number of hydrogen-bond donors (Lipinski definition) is 3. The molecule has 2 aromatic rings. The predicted molar refractivity (Wildman–Crippen MR) is 80.8 cm³/mol. The highest BCUT2D eigenvalue weighted by molar-refractivity contribution is 5.76. The normalized spacial score (nSPS) is 10.8. The van der Waals surface area contributed by atoms with Gasteiger partial charge in [0.1, 0.15) is 12.4 Å². The van der Waals surface area contributed by atoms with E-state index in [-0.39, 0.29) is 12.5 Å². The van der Waals surface area contributed by atoms with Gasteiger partial charge in [0.05, 0.1) is 11.4 Å². The van der Waals surface area contributed by atoms with Crippen LogP contribution in [0.15, 0.2) is 6.07 Å². The summed E-state index contributed by atoms with van der Waals surface area (Å²) in [5.41, 5.74) is 9.92. The highest BCUT2D eigenvalue weighted by Gasteiger charge is 2.08. The van der Waals surface area contributed by atoms with Crippen LogP contribution in [0.5, 0.6) is 0 Å². The summed E-state index contributed by atoms with van der Waals surface area (Å²) < 4.78 is 1.51. The number of aromatic nitrogens is 4. The van der Waals surface area contributed by atoms with Gasteiger partial charge in [0.2, 0.25) is 5.91 Å². The number of anilines is 1. The van der Waals surface area contributed by atoms with E-state index in [1.807, 2.05) is 20.8 Å². The number of nitrogen functional groups attached to an aromatic ring is 1. The number of nitrogens with one attached hydrogen (secondary N) is 2. The number of nitrogens with zero attached hydrogens (tertiary/aromatic N) is 3. The van der Waals surface area contributed by atoms with E-state index in [0.717, 1.165) is 29.9 Å². The Morgan fingerprint density at radius 1 is 1.43 bits per heavy atom. The minimum absolute atomic E-state index is 0.0783. The first kappa shape index (κ1) is 15.1. The zero-order valence-electron chi connectivity index (χ0n) is 12.7. The van der Waals surface area contributed by atoms with E-state index in [1.165, 1.54) is 10.2 Å². The molecule has 1 amide bonds. The molecular formula is C14H22N6O. The highest BCUT2D eigenvalue weighted by atomic mass is 16.2. The number of nitrogens with two attached hydrogens (primary N) is 1. The molecule has 0 radical (unpaired) electrons. The second kappa shape index (κ2) is 6.43. The van der Waals surface area contributed by atoms with E-state index in [9.17, 15) is 4.79 Å². The molecule has 0 aliphatic carbocycles. The zero-order chi connectivity index (χ0) is 15.4. The molecule has 4 N–H and O–H groups in total. The summed E-state index contributed by atoms with van der Waals surface area (Å²) in [5, 5.41) is 14.2. The maximum absolute atomic E-state index is 11.8. The van der Waals surface area contributed by atoms with Crippen LogP contribution >= 0.6 is 0 Å². The summed E-state index contributed by atoms with van der Waals surface area (Å²) in [4.78, 5) is 11.8. The van der Waals surface area contributed by atoms with Crippen molar-refractivity contribution in [2.24, 2.45) is 0 Å². The summed E-state index contributed by atoms with van der Waals surface area (Å²) in [6.45, 7) is 6.63.